The van der Waals surface area contributed by atoms with E-state index in [9.17, 15) is 4.79 Å². The van der Waals surface area contributed by atoms with Gasteiger partial charge < -0.3 is 9.47 Å². The van der Waals surface area contributed by atoms with Gasteiger partial charge in [-0.3, -0.25) is 9.88 Å². The number of methoxy groups -OCH3 is 1. The predicted octanol–water partition coefficient (Wildman–Crippen LogP) is 3.05. The predicted molar refractivity (Wildman–Crippen MR) is 95.1 cm³/mol. The molecule has 1 fully saturated rings. The van der Waals surface area contributed by atoms with E-state index in [0.717, 1.165) is 44.6 Å². The number of nitrogens with zero attached hydrogens (tertiary/aromatic N) is 2. The first-order valence-electron chi connectivity index (χ1n) is 8.64. The van der Waals surface area contributed by atoms with Crippen LogP contribution in [0.1, 0.15) is 34.3 Å². The molecular weight excluding hydrogens is 316 g/mol. The molecule has 25 heavy (non-hydrogen) atoms. The van der Waals surface area contributed by atoms with Gasteiger partial charge in [0.25, 0.3) is 0 Å². The number of rotatable bonds is 7. The molecule has 2 heterocycles. The van der Waals surface area contributed by atoms with Gasteiger partial charge in [0.2, 0.25) is 0 Å². The molecule has 0 saturated carbocycles. The third kappa shape index (κ3) is 5.11. The summed E-state index contributed by atoms with van der Waals surface area (Å²) >= 11 is 0. The first-order valence-corrected chi connectivity index (χ1v) is 8.64. The van der Waals surface area contributed by atoms with Gasteiger partial charge in [-0.25, -0.2) is 4.79 Å². The van der Waals surface area contributed by atoms with E-state index in [-0.39, 0.29) is 5.97 Å². The molecule has 0 radical (unpaired) electrons. The number of hydrogen-bond acceptors (Lipinski definition) is 5. The molecule has 0 amide bonds. The van der Waals surface area contributed by atoms with E-state index in [1.165, 1.54) is 12.7 Å². The lowest BCUT2D eigenvalue weighted by atomic mass is 10.1. The minimum absolute atomic E-state index is 0.297. The summed E-state index contributed by atoms with van der Waals surface area (Å²) in [4.78, 5) is 18.1. The standard InChI is InChI=1S/C20H24N2O3/c1-24-20(23)18-8-6-16(7-9-18)13-22(15-19-5-3-11-25-19)14-17-4-2-10-21-12-17/h2,4,6-10,12,19H,3,5,11,13-15H2,1H3/t19-/m0/s1. The van der Waals surface area contributed by atoms with Crippen LogP contribution in [-0.4, -0.2) is 42.2 Å². The van der Waals surface area contributed by atoms with Crippen molar-refractivity contribution in [3.8, 4) is 0 Å². The van der Waals surface area contributed by atoms with E-state index in [2.05, 4.69) is 16.0 Å². The highest BCUT2D eigenvalue weighted by Crippen LogP contribution is 2.17. The number of benzene rings is 1. The third-order valence-electron chi connectivity index (χ3n) is 4.40. The van der Waals surface area contributed by atoms with Crippen LogP contribution in [0.5, 0.6) is 0 Å². The SMILES string of the molecule is COC(=O)c1ccc(CN(Cc2cccnc2)C[C@@H]2CCCO2)cc1. The van der Waals surface area contributed by atoms with Gasteiger partial charge in [0, 0.05) is 38.6 Å². The largest absolute Gasteiger partial charge is 0.465 e. The molecule has 0 unspecified atom stereocenters. The van der Waals surface area contributed by atoms with Gasteiger partial charge in [-0.05, 0) is 42.2 Å². The molecule has 1 aromatic carbocycles. The average molecular weight is 340 g/mol. The molecule has 5 nitrogen and oxygen atoms in total. The number of esters is 1. The van der Waals surface area contributed by atoms with Gasteiger partial charge in [-0.15, -0.1) is 0 Å². The lowest BCUT2D eigenvalue weighted by Crippen LogP contribution is -2.31. The second-order valence-corrected chi connectivity index (χ2v) is 6.35. The summed E-state index contributed by atoms with van der Waals surface area (Å²) in [6.45, 7) is 3.38. The zero-order chi connectivity index (χ0) is 17.5. The quantitative estimate of drug-likeness (QED) is 0.725. The van der Waals surface area contributed by atoms with E-state index < -0.39 is 0 Å². The highest BCUT2D eigenvalue weighted by Gasteiger charge is 2.20. The van der Waals surface area contributed by atoms with Crippen LogP contribution >= 0.6 is 0 Å². The molecule has 1 atom stereocenters. The van der Waals surface area contributed by atoms with Crippen molar-refractivity contribution in [2.45, 2.75) is 32.0 Å². The summed E-state index contributed by atoms with van der Waals surface area (Å²) in [6, 6.07) is 11.7. The summed E-state index contributed by atoms with van der Waals surface area (Å²) in [5.41, 5.74) is 2.92. The molecule has 2 aromatic rings. The Labute approximate surface area is 148 Å². The maximum atomic E-state index is 11.6. The molecule has 1 aromatic heterocycles. The zero-order valence-electron chi connectivity index (χ0n) is 14.6. The van der Waals surface area contributed by atoms with Crippen LogP contribution < -0.4 is 0 Å². The number of aromatic nitrogens is 1. The molecule has 0 aliphatic carbocycles. The highest BCUT2D eigenvalue weighted by molar-refractivity contribution is 5.89. The molecule has 1 saturated heterocycles. The van der Waals surface area contributed by atoms with E-state index in [1.54, 1.807) is 6.20 Å². The van der Waals surface area contributed by atoms with Crippen LogP contribution in [0.2, 0.25) is 0 Å². The topological polar surface area (TPSA) is 51.7 Å². The van der Waals surface area contributed by atoms with Crippen molar-refractivity contribution in [2.75, 3.05) is 20.3 Å². The van der Waals surface area contributed by atoms with Crippen molar-refractivity contribution in [2.24, 2.45) is 0 Å². The fourth-order valence-corrected chi connectivity index (χ4v) is 3.13. The van der Waals surface area contributed by atoms with Crippen molar-refractivity contribution in [3.05, 3.63) is 65.5 Å². The van der Waals surface area contributed by atoms with Crippen LogP contribution in [-0.2, 0) is 22.6 Å². The van der Waals surface area contributed by atoms with Crippen LogP contribution in [0.3, 0.4) is 0 Å². The Hall–Kier alpha value is -2.24. The van der Waals surface area contributed by atoms with E-state index in [0.29, 0.717) is 11.7 Å². The maximum Gasteiger partial charge on any atom is 0.337 e. The van der Waals surface area contributed by atoms with Crippen LogP contribution in [0.25, 0.3) is 0 Å². The molecule has 0 N–H and O–H groups in total. The lowest BCUT2D eigenvalue weighted by Gasteiger charge is -2.25. The van der Waals surface area contributed by atoms with Crippen molar-refractivity contribution < 1.29 is 14.3 Å². The van der Waals surface area contributed by atoms with E-state index in [4.69, 9.17) is 9.47 Å². The molecule has 1 aliphatic heterocycles. The van der Waals surface area contributed by atoms with Gasteiger partial charge in [0.15, 0.2) is 0 Å². The zero-order valence-corrected chi connectivity index (χ0v) is 14.6. The Balaban J connectivity index is 1.68. The fourth-order valence-electron chi connectivity index (χ4n) is 3.13. The van der Waals surface area contributed by atoms with Gasteiger partial charge in [0.05, 0.1) is 18.8 Å². The highest BCUT2D eigenvalue weighted by atomic mass is 16.5. The molecule has 0 bridgehead atoms. The van der Waals surface area contributed by atoms with Gasteiger partial charge >= 0.3 is 5.97 Å². The Morgan fingerprint density at radius 2 is 2.04 bits per heavy atom. The van der Waals surface area contributed by atoms with Crippen molar-refractivity contribution in [1.29, 1.82) is 0 Å². The second kappa shape index (κ2) is 8.74. The van der Waals surface area contributed by atoms with Crippen molar-refractivity contribution >= 4 is 5.97 Å². The first-order chi connectivity index (χ1) is 12.2. The van der Waals surface area contributed by atoms with Crippen molar-refractivity contribution in [3.63, 3.8) is 0 Å². The summed E-state index contributed by atoms with van der Waals surface area (Å²) < 4.78 is 10.6. The Bertz CT molecular complexity index is 667. The van der Waals surface area contributed by atoms with Gasteiger partial charge in [-0.2, -0.15) is 0 Å². The molecule has 1 aliphatic rings. The summed E-state index contributed by atoms with van der Waals surface area (Å²) in [5, 5.41) is 0. The molecule has 5 heteroatoms. The lowest BCUT2D eigenvalue weighted by molar-refractivity contribution is 0.0600. The number of carbonyl (C=O) groups excluding carboxylic acids is 1. The molecule has 132 valence electrons. The number of ether oxygens (including phenoxy) is 2. The normalized spacial score (nSPS) is 17.0. The number of pyridine rings is 1. The monoisotopic (exact) mass is 340 g/mol. The number of carbonyl (C=O) groups is 1. The van der Waals surface area contributed by atoms with Crippen LogP contribution in [0.15, 0.2) is 48.8 Å². The molecule has 0 spiro atoms. The Kier molecular flexibility index (Phi) is 6.14. The van der Waals surface area contributed by atoms with Gasteiger partial charge in [0.1, 0.15) is 0 Å². The molecular formula is C20H24N2O3. The third-order valence-corrected chi connectivity index (χ3v) is 4.40. The second-order valence-electron chi connectivity index (χ2n) is 6.35. The fraction of sp³-hybridized carbons (Fsp3) is 0.400. The Morgan fingerprint density at radius 1 is 1.24 bits per heavy atom. The first kappa shape index (κ1) is 17.6. The van der Waals surface area contributed by atoms with E-state index in [1.807, 2.05) is 36.5 Å². The number of hydrogen-bond donors (Lipinski definition) is 0. The summed E-state index contributed by atoms with van der Waals surface area (Å²) in [5.74, 6) is -0.307. The maximum absolute atomic E-state index is 11.6. The minimum Gasteiger partial charge on any atom is -0.465 e. The summed E-state index contributed by atoms with van der Waals surface area (Å²) in [6.07, 6.45) is 6.25. The van der Waals surface area contributed by atoms with Crippen LogP contribution in [0.4, 0.5) is 0 Å². The van der Waals surface area contributed by atoms with Crippen LogP contribution in [0, 0.1) is 0 Å². The van der Waals surface area contributed by atoms with Gasteiger partial charge in [-0.1, -0.05) is 18.2 Å². The van der Waals surface area contributed by atoms with Crippen molar-refractivity contribution in [1.82, 2.24) is 9.88 Å². The molecule has 3 rings (SSSR count). The minimum atomic E-state index is -0.307. The summed E-state index contributed by atoms with van der Waals surface area (Å²) in [7, 11) is 1.40. The Morgan fingerprint density at radius 3 is 2.68 bits per heavy atom. The smallest absolute Gasteiger partial charge is 0.337 e. The average Bonchev–Trinajstić information content (AvgIpc) is 3.15. The van der Waals surface area contributed by atoms with E-state index >= 15 is 0 Å².